The van der Waals surface area contributed by atoms with Crippen molar-refractivity contribution < 1.29 is 9.59 Å². The molecule has 2 aromatic rings. The SMILES string of the molecule is CC(=O)NCCc1ccc(C(=O)CSc2nnnn2C2CC2)s1. The van der Waals surface area contributed by atoms with Crippen molar-refractivity contribution in [3.63, 3.8) is 0 Å². The van der Waals surface area contributed by atoms with E-state index in [1.165, 1.54) is 30.0 Å². The lowest BCUT2D eigenvalue weighted by atomic mass is 10.3. The Morgan fingerprint density at radius 2 is 2.26 bits per heavy atom. The summed E-state index contributed by atoms with van der Waals surface area (Å²) in [6.07, 6.45) is 2.95. The van der Waals surface area contributed by atoms with Crippen LogP contribution in [0.2, 0.25) is 0 Å². The fraction of sp³-hybridized carbons (Fsp3) is 0.500. The van der Waals surface area contributed by atoms with Crippen molar-refractivity contribution in [2.45, 2.75) is 37.4 Å². The zero-order valence-corrected chi connectivity index (χ0v) is 14.3. The summed E-state index contributed by atoms with van der Waals surface area (Å²) in [5.74, 6) is 0.373. The number of rotatable bonds is 8. The Kier molecular flexibility index (Phi) is 5.06. The first-order valence-electron chi connectivity index (χ1n) is 7.40. The number of Topliss-reactive ketones (excluding diaryl/α,β-unsaturated/α-hetero) is 1. The summed E-state index contributed by atoms with van der Waals surface area (Å²) in [5.41, 5.74) is 0. The molecule has 1 aliphatic carbocycles. The van der Waals surface area contributed by atoms with E-state index in [1.807, 2.05) is 16.8 Å². The molecular weight excluding hydrogens is 334 g/mol. The van der Waals surface area contributed by atoms with Crippen molar-refractivity contribution in [3.05, 3.63) is 21.9 Å². The molecule has 23 heavy (non-hydrogen) atoms. The summed E-state index contributed by atoms with van der Waals surface area (Å²) in [5, 5.41) is 15.1. The summed E-state index contributed by atoms with van der Waals surface area (Å²) in [4.78, 5) is 24.9. The van der Waals surface area contributed by atoms with Gasteiger partial charge >= 0.3 is 0 Å². The van der Waals surface area contributed by atoms with Crippen LogP contribution in [0.5, 0.6) is 0 Å². The second-order valence-electron chi connectivity index (χ2n) is 5.35. The second kappa shape index (κ2) is 7.22. The molecule has 0 saturated heterocycles. The van der Waals surface area contributed by atoms with Gasteiger partial charge in [-0.15, -0.1) is 16.4 Å². The molecule has 1 aliphatic rings. The van der Waals surface area contributed by atoms with Gasteiger partial charge in [0, 0.05) is 18.3 Å². The average molecular weight is 351 g/mol. The lowest BCUT2D eigenvalue weighted by Gasteiger charge is -2.01. The second-order valence-corrected chi connectivity index (χ2v) is 7.46. The van der Waals surface area contributed by atoms with Crippen molar-refractivity contribution >= 4 is 34.8 Å². The highest BCUT2D eigenvalue weighted by molar-refractivity contribution is 7.99. The van der Waals surface area contributed by atoms with Gasteiger partial charge in [-0.3, -0.25) is 9.59 Å². The summed E-state index contributed by atoms with van der Waals surface area (Å²) in [6, 6.07) is 4.20. The van der Waals surface area contributed by atoms with Gasteiger partial charge in [-0.2, -0.15) is 0 Å². The molecule has 1 amide bonds. The maximum Gasteiger partial charge on any atom is 0.216 e. The number of hydrogen-bond donors (Lipinski definition) is 1. The lowest BCUT2D eigenvalue weighted by Crippen LogP contribution is -2.22. The normalized spacial score (nSPS) is 14.0. The van der Waals surface area contributed by atoms with Crippen LogP contribution in [0.4, 0.5) is 0 Å². The fourth-order valence-corrected chi connectivity index (χ4v) is 3.92. The van der Waals surface area contributed by atoms with Gasteiger partial charge in [-0.1, -0.05) is 11.8 Å². The molecular formula is C14H17N5O2S2. The summed E-state index contributed by atoms with van der Waals surface area (Å²) >= 11 is 2.86. The summed E-state index contributed by atoms with van der Waals surface area (Å²) < 4.78 is 1.81. The Balaban J connectivity index is 1.51. The predicted octanol–water partition coefficient (Wildman–Crippen LogP) is 1.72. The molecule has 122 valence electrons. The molecule has 1 N–H and O–H groups in total. The summed E-state index contributed by atoms with van der Waals surface area (Å²) in [7, 11) is 0. The third kappa shape index (κ3) is 4.38. The Labute approximate surface area is 141 Å². The smallest absolute Gasteiger partial charge is 0.216 e. The van der Waals surface area contributed by atoms with E-state index in [1.54, 1.807) is 0 Å². The number of nitrogens with zero attached hydrogens (tertiary/aromatic N) is 4. The van der Waals surface area contributed by atoms with Crippen LogP contribution in [0, 0.1) is 0 Å². The van der Waals surface area contributed by atoms with E-state index < -0.39 is 0 Å². The highest BCUT2D eigenvalue weighted by Gasteiger charge is 2.28. The van der Waals surface area contributed by atoms with Crippen LogP contribution in [-0.4, -0.2) is 44.2 Å². The van der Waals surface area contributed by atoms with Gasteiger partial charge in [0.2, 0.25) is 11.1 Å². The van der Waals surface area contributed by atoms with E-state index in [9.17, 15) is 9.59 Å². The quantitative estimate of drug-likeness (QED) is 0.575. The molecule has 0 aliphatic heterocycles. The molecule has 0 bridgehead atoms. The topological polar surface area (TPSA) is 89.8 Å². The van der Waals surface area contributed by atoms with Gasteiger partial charge in [0.05, 0.1) is 16.7 Å². The zero-order chi connectivity index (χ0) is 16.2. The van der Waals surface area contributed by atoms with Crippen molar-refractivity contribution in [1.82, 2.24) is 25.5 Å². The molecule has 7 nitrogen and oxygen atoms in total. The van der Waals surface area contributed by atoms with Crippen molar-refractivity contribution in [1.29, 1.82) is 0 Å². The Morgan fingerprint density at radius 3 is 3.00 bits per heavy atom. The van der Waals surface area contributed by atoms with Gasteiger partial charge < -0.3 is 5.32 Å². The van der Waals surface area contributed by atoms with Crippen molar-refractivity contribution in [3.8, 4) is 0 Å². The van der Waals surface area contributed by atoms with Gasteiger partial charge in [0.15, 0.2) is 5.78 Å². The molecule has 3 rings (SSSR count). The molecule has 1 fully saturated rings. The van der Waals surface area contributed by atoms with Gasteiger partial charge in [-0.05, 0) is 41.8 Å². The molecule has 0 spiro atoms. The number of carbonyl (C=O) groups is 2. The average Bonchev–Trinajstić information content (AvgIpc) is 3.07. The first kappa shape index (κ1) is 16.1. The van der Waals surface area contributed by atoms with E-state index in [0.717, 1.165) is 29.0 Å². The number of ketones is 1. The molecule has 9 heteroatoms. The van der Waals surface area contributed by atoms with Gasteiger partial charge in [0.1, 0.15) is 0 Å². The van der Waals surface area contributed by atoms with Crippen LogP contribution in [-0.2, 0) is 11.2 Å². The minimum Gasteiger partial charge on any atom is -0.356 e. The minimum absolute atomic E-state index is 0.0392. The van der Waals surface area contributed by atoms with Crippen LogP contribution in [0.25, 0.3) is 0 Å². The number of thioether (sulfide) groups is 1. The van der Waals surface area contributed by atoms with Crippen molar-refractivity contribution in [2.75, 3.05) is 12.3 Å². The molecule has 0 unspecified atom stereocenters. The standard InChI is InChI=1S/C14H17N5O2S2/c1-9(20)15-7-6-11-4-5-13(23-11)12(21)8-22-14-16-17-18-19(14)10-2-3-10/h4-5,10H,2-3,6-8H2,1H3,(H,15,20). The Morgan fingerprint density at radius 1 is 1.43 bits per heavy atom. The van der Waals surface area contributed by atoms with E-state index in [-0.39, 0.29) is 11.7 Å². The number of hydrogen-bond acceptors (Lipinski definition) is 7. The predicted molar refractivity (Wildman–Crippen MR) is 87.8 cm³/mol. The van der Waals surface area contributed by atoms with Crippen LogP contribution in [0.3, 0.4) is 0 Å². The molecule has 2 heterocycles. The highest BCUT2D eigenvalue weighted by Crippen LogP contribution is 2.36. The number of nitrogens with one attached hydrogen (secondary N) is 1. The summed E-state index contributed by atoms with van der Waals surface area (Å²) in [6.45, 7) is 2.09. The lowest BCUT2D eigenvalue weighted by molar-refractivity contribution is -0.118. The highest BCUT2D eigenvalue weighted by atomic mass is 32.2. The van der Waals surface area contributed by atoms with Crippen LogP contribution in [0.1, 0.15) is 40.4 Å². The van der Waals surface area contributed by atoms with Gasteiger partial charge in [0.25, 0.3) is 0 Å². The van der Waals surface area contributed by atoms with E-state index in [0.29, 0.717) is 23.5 Å². The van der Waals surface area contributed by atoms with Crippen LogP contribution in [0.15, 0.2) is 17.3 Å². The third-order valence-corrected chi connectivity index (χ3v) is 5.49. The van der Waals surface area contributed by atoms with E-state index >= 15 is 0 Å². The largest absolute Gasteiger partial charge is 0.356 e. The van der Waals surface area contributed by atoms with Crippen molar-refractivity contribution in [2.24, 2.45) is 0 Å². The Hall–Kier alpha value is -1.74. The maximum absolute atomic E-state index is 12.3. The first-order chi connectivity index (χ1) is 11.1. The number of tetrazole rings is 1. The van der Waals surface area contributed by atoms with Gasteiger partial charge in [-0.25, -0.2) is 4.68 Å². The van der Waals surface area contributed by atoms with E-state index in [2.05, 4.69) is 20.8 Å². The van der Waals surface area contributed by atoms with Crippen LogP contribution >= 0.6 is 23.1 Å². The van der Waals surface area contributed by atoms with Crippen LogP contribution < -0.4 is 5.32 Å². The maximum atomic E-state index is 12.3. The van der Waals surface area contributed by atoms with E-state index in [4.69, 9.17) is 0 Å². The number of aromatic nitrogens is 4. The molecule has 1 saturated carbocycles. The number of amides is 1. The third-order valence-electron chi connectivity index (χ3n) is 3.37. The minimum atomic E-state index is -0.0392. The number of thiophene rings is 1. The molecule has 0 aromatic carbocycles. The zero-order valence-electron chi connectivity index (χ0n) is 12.7. The number of carbonyl (C=O) groups excluding carboxylic acids is 2. The molecule has 0 radical (unpaired) electrons. The Bertz CT molecular complexity index is 708. The first-order valence-corrected chi connectivity index (χ1v) is 9.20. The fourth-order valence-electron chi connectivity index (χ4n) is 2.05. The molecule has 0 atom stereocenters. The molecule has 2 aromatic heterocycles. The monoisotopic (exact) mass is 351 g/mol.